The van der Waals surface area contributed by atoms with Gasteiger partial charge in [-0.1, -0.05) is 6.92 Å². The molecule has 0 aliphatic rings. The molecule has 0 unspecified atom stereocenters. The first-order valence-electron chi connectivity index (χ1n) is 10.9. The minimum absolute atomic E-state index is 0.114. The standard InChI is InChI=1S/C23H31N3O6S2/c1-7-15-13(5)34-21(18(15)22(28)29-6)24-23(33)26-25-20(27)14-11-16(30-8-2)19(32-10-4)17(12-14)31-9-3/h11-12H,7-10H2,1-6H3,(H,25,27)(H2,24,26,33). The SMILES string of the molecule is CCOc1cc(C(=O)NNC(=S)Nc2sc(C)c(CC)c2C(=O)OC)cc(OCC)c1OCC. The van der Waals surface area contributed by atoms with Crippen molar-refractivity contribution in [3.8, 4) is 17.2 Å². The predicted molar refractivity (Wildman–Crippen MR) is 137 cm³/mol. The second kappa shape index (κ2) is 13.0. The van der Waals surface area contributed by atoms with E-state index < -0.39 is 11.9 Å². The zero-order chi connectivity index (χ0) is 25.3. The zero-order valence-corrected chi connectivity index (χ0v) is 21.9. The summed E-state index contributed by atoms with van der Waals surface area (Å²) in [4.78, 5) is 26.1. The molecule has 3 N–H and O–H groups in total. The quantitative estimate of drug-likeness (QED) is 0.246. The first kappa shape index (κ1) is 27.2. The topological polar surface area (TPSA) is 107 Å². The van der Waals surface area contributed by atoms with E-state index in [2.05, 4.69) is 16.2 Å². The Morgan fingerprint density at radius 2 is 1.56 bits per heavy atom. The van der Waals surface area contributed by atoms with E-state index in [4.69, 9.17) is 31.2 Å². The summed E-state index contributed by atoms with van der Waals surface area (Å²) < 4.78 is 21.9. The van der Waals surface area contributed by atoms with Gasteiger partial charge in [0.15, 0.2) is 16.6 Å². The molecular weight excluding hydrogens is 478 g/mol. The van der Waals surface area contributed by atoms with Crippen molar-refractivity contribution in [2.24, 2.45) is 0 Å². The van der Waals surface area contributed by atoms with Crippen LogP contribution in [0.25, 0.3) is 0 Å². The maximum Gasteiger partial charge on any atom is 0.341 e. The van der Waals surface area contributed by atoms with Crippen LogP contribution in [0.1, 0.15) is 58.9 Å². The largest absolute Gasteiger partial charge is 0.490 e. The van der Waals surface area contributed by atoms with Gasteiger partial charge in [-0.3, -0.25) is 15.6 Å². The van der Waals surface area contributed by atoms with E-state index in [1.807, 2.05) is 34.6 Å². The van der Waals surface area contributed by atoms with Gasteiger partial charge in [-0.2, -0.15) is 0 Å². The van der Waals surface area contributed by atoms with E-state index in [-0.39, 0.29) is 5.11 Å². The van der Waals surface area contributed by atoms with E-state index in [9.17, 15) is 9.59 Å². The molecule has 1 aromatic heterocycles. The third kappa shape index (κ3) is 6.51. The van der Waals surface area contributed by atoms with Gasteiger partial charge in [-0.25, -0.2) is 4.79 Å². The number of thiocarbonyl (C=S) groups is 1. The Morgan fingerprint density at radius 1 is 0.971 bits per heavy atom. The fourth-order valence-corrected chi connectivity index (χ4v) is 4.61. The predicted octanol–water partition coefficient (Wildman–Crippen LogP) is 4.23. The average Bonchev–Trinajstić information content (AvgIpc) is 3.13. The number of carbonyl (C=O) groups is 2. The lowest BCUT2D eigenvalue weighted by molar-refractivity contribution is 0.0601. The number of anilines is 1. The van der Waals surface area contributed by atoms with E-state index in [1.165, 1.54) is 18.4 Å². The van der Waals surface area contributed by atoms with Crippen molar-refractivity contribution in [3.63, 3.8) is 0 Å². The lowest BCUT2D eigenvalue weighted by Gasteiger charge is -2.17. The molecule has 0 saturated heterocycles. The zero-order valence-electron chi connectivity index (χ0n) is 20.2. The van der Waals surface area contributed by atoms with Gasteiger partial charge in [0.2, 0.25) is 5.75 Å². The molecule has 186 valence electrons. The lowest BCUT2D eigenvalue weighted by atomic mass is 10.1. The van der Waals surface area contributed by atoms with Crippen molar-refractivity contribution in [1.29, 1.82) is 0 Å². The van der Waals surface area contributed by atoms with Gasteiger partial charge in [0.25, 0.3) is 5.91 Å². The Balaban J connectivity index is 2.18. The molecule has 0 spiro atoms. The number of amides is 1. The van der Waals surface area contributed by atoms with E-state index >= 15 is 0 Å². The second-order valence-electron chi connectivity index (χ2n) is 6.82. The number of methoxy groups -OCH3 is 1. The van der Waals surface area contributed by atoms with Gasteiger partial charge in [0.05, 0.1) is 32.5 Å². The van der Waals surface area contributed by atoms with Gasteiger partial charge in [0.1, 0.15) is 5.00 Å². The fourth-order valence-electron chi connectivity index (χ4n) is 3.25. The summed E-state index contributed by atoms with van der Waals surface area (Å²) in [6.45, 7) is 10.6. The van der Waals surface area contributed by atoms with Crippen LogP contribution in [0.5, 0.6) is 17.2 Å². The molecule has 1 amide bonds. The number of thiophene rings is 1. The minimum Gasteiger partial charge on any atom is -0.490 e. The average molecular weight is 510 g/mol. The van der Waals surface area contributed by atoms with Crippen LogP contribution in [0.4, 0.5) is 5.00 Å². The molecule has 0 aliphatic carbocycles. The van der Waals surface area contributed by atoms with Crippen LogP contribution in [0.3, 0.4) is 0 Å². The second-order valence-corrected chi connectivity index (χ2v) is 8.45. The molecule has 2 rings (SSSR count). The maximum absolute atomic E-state index is 12.8. The number of hydrogen-bond acceptors (Lipinski definition) is 8. The van der Waals surface area contributed by atoms with Crippen molar-refractivity contribution in [3.05, 3.63) is 33.7 Å². The number of esters is 1. The Kier molecular flexibility index (Phi) is 10.4. The van der Waals surface area contributed by atoms with Crippen LogP contribution in [-0.2, 0) is 11.2 Å². The molecule has 0 fully saturated rings. The molecule has 0 atom stereocenters. The number of rotatable bonds is 10. The molecule has 1 aromatic carbocycles. The number of aryl methyl sites for hydroxylation is 1. The molecule has 0 bridgehead atoms. The number of ether oxygens (including phenoxy) is 4. The van der Waals surface area contributed by atoms with E-state index in [0.717, 1.165) is 10.4 Å². The van der Waals surface area contributed by atoms with Crippen molar-refractivity contribution in [2.75, 3.05) is 32.2 Å². The summed E-state index contributed by atoms with van der Waals surface area (Å²) >= 11 is 6.70. The Bertz CT molecular complexity index is 1010. The molecule has 9 nitrogen and oxygen atoms in total. The number of hydrazine groups is 1. The monoisotopic (exact) mass is 509 g/mol. The van der Waals surface area contributed by atoms with Gasteiger partial charge < -0.3 is 24.3 Å². The van der Waals surface area contributed by atoms with Crippen LogP contribution in [0.2, 0.25) is 0 Å². The number of carbonyl (C=O) groups excluding carboxylic acids is 2. The van der Waals surface area contributed by atoms with Crippen LogP contribution < -0.4 is 30.4 Å². The molecule has 1 heterocycles. The molecule has 2 aromatic rings. The van der Waals surface area contributed by atoms with Crippen molar-refractivity contribution in [1.82, 2.24) is 10.9 Å². The number of nitrogens with one attached hydrogen (secondary N) is 3. The maximum atomic E-state index is 12.8. The van der Waals surface area contributed by atoms with E-state index in [1.54, 1.807) is 12.1 Å². The van der Waals surface area contributed by atoms with E-state index in [0.29, 0.717) is 59.6 Å². The van der Waals surface area contributed by atoms with Crippen molar-refractivity contribution in [2.45, 2.75) is 41.0 Å². The summed E-state index contributed by atoms with van der Waals surface area (Å²) in [6.07, 6.45) is 0.674. The fraction of sp³-hybridized carbons (Fsp3) is 0.435. The highest BCUT2D eigenvalue weighted by molar-refractivity contribution is 7.80. The highest BCUT2D eigenvalue weighted by Gasteiger charge is 2.23. The molecular formula is C23H31N3O6S2. The van der Waals surface area contributed by atoms with Crippen LogP contribution in [0.15, 0.2) is 12.1 Å². The highest BCUT2D eigenvalue weighted by Crippen LogP contribution is 2.39. The normalized spacial score (nSPS) is 10.3. The third-order valence-corrected chi connectivity index (χ3v) is 5.91. The first-order chi connectivity index (χ1) is 16.3. The lowest BCUT2D eigenvalue weighted by Crippen LogP contribution is -2.43. The summed E-state index contributed by atoms with van der Waals surface area (Å²) in [6, 6.07) is 3.16. The first-order valence-corrected chi connectivity index (χ1v) is 12.2. The Labute approximate surface area is 209 Å². The number of benzene rings is 1. The van der Waals surface area contributed by atoms with Gasteiger partial charge >= 0.3 is 5.97 Å². The molecule has 0 radical (unpaired) electrons. The van der Waals surface area contributed by atoms with Gasteiger partial charge in [0, 0.05) is 10.4 Å². The van der Waals surface area contributed by atoms with Gasteiger partial charge in [-0.15, -0.1) is 11.3 Å². The summed E-state index contributed by atoms with van der Waals surface area (Å²) in [5, 5.41) is 3.63. The Morgan fingerprint density at radius 3 is 2.06 bits per heavy atom. The smallest absolute Gasteiger partial charge is 0.341 e. The van der Waals surface area contributed by atoms with Crippen LogP contribution >= 0.6 is 23.6 Å². The van der Waals surface area contributed by atoms with Crippen molar-refractivity contribution >= 4 is 45.5 Å². The summed E-state index contributed by atoms with van der Waals surface area (Å²) in [5.41, 5.74) is 6.85. The molecule has 0 saturated carbocycles. The third-order valence-electron chi connectivity index (χ3n) is 4.64. The van der Waals surface area contributed by atoms with Crippen LogP contribution in [0, 0.1) is 6.92 Å². The summed E-state index contributed by atoms with van der Waals surface area (Å²) in [5.74, 6) is 0.355. The Hall–Kier alpha value is -3.05. The molecule has 34 heavy (non-hydrogen) atoms. The highest BCUT2D eigenvalue weighted by atomic mass is 32.1. The summed E-state index contributed by atoms with van der Waals surface area (Å²) in [7, 11) is 1.33. The molecule has 11 heteroatoms. The van der Waals surface area contributed by atoms with Crippen LogP contribution in [-0.4, -0.2) is 43.9 Å². The number of hydrogen-bond donors (Lipinski definition) is 3. The molecule has 0 aliphatic heterocycles. The minimum atomic E-state index is -0.459. The van der Waals surface area contributed by atoms with Gasteiger partial charge in [-0.05, 0) is 64.0 Å². The van der Waals surface area contributed by atoms with Crippen molar-refractivity contribution < 1.29 is 28.5 Å².